The fourth-order valence-corrected chi connectivity index (χ4v) is 2.92. The number of sulfone groups is 1. The Bertz CT molecular complexity index is 636. The Balaban J connectivity index is 2.01. The van der Waals surface area contributed by atoms with Crippen LogP contribution in [0.1, 0.15) is 13.8 Å². The van der Waals surface area contributed by atoms with Crippen LogP contribution in [0, 0.1) is 0 Å². The number of pyridine rings is 1. The van der Waals surface area contributed by atoms with Crippen molar-refractivity contribution in [3.05, 3.63) is 36.8 Å². The summed E-state index contributed by atoms with van der Waals surface area (Å²) >= 11 is 0. The molecular formula is C13H18N4O2S. The van der Waals surface area contributed by atoms with Crippen molar-refractivity contribution < 1.29 is 8.42 Å². The van der Waals surface area contributed by atoms with Crippen LogP contribution in [0.15, 0.2) is 36.8 Å². The summed E-state index contributed by atoms with van der Waals surface area (Å²) in [5, 5.41) is 7.22. The van der Waals surface area contributed by atoms with E-state index in [9.17, 15) is 8.42 Å². The Labute approximate surface area is 118 Å². The molecule has 1 atom stereocenters. The first-order valence-corrected chi connectivity index (χ1v) is 8.25. The van der Waals surface area contributed by atoms with Crippen LogP contribution in [-0.4, -0.2) is 40.7 Å². The van der Waals surface area contributed by atoms with E-state index in [1.807, 2.05) is 31.3 Å². The molecule has 2 aromatic rings. The number of anilines is 1. The molecule has 2 aromatic heterocycles. The normalized spacial score (nSPS) is 13.1. The first-order chi connectivity index (χ1) is 9.50. The lowest BCUT2D eigenvalue weighted by molar-refractivity contribution is 0.593. The minimum absolute atomic E-state index is 0.115. The molecule has 7 heteroatoms. The smallest absolute Gasteiger partial charge is 0.153 e. The molecule has 0 aromatic carbocycles. The molecule has 108 valence electrons. The Morgan fingerprint density at radius 3 is 2.75 bits per heavy atom. The number of hydrogen-bond acceptors (Lipinski definition) is 5. The summed E-state index contributed by atoms with van der Waals surface area (Å²) in [6.07, 6.45) is 5.17. The second kappa shape index (κ2) is 6.04. The molecule has 1 N–H and O–H groups in total. The third-order valence-corrected chi connectivity index (χ3v) is 4.73. The third kappa shape index (κ3) is 3.80. The summed E-state index contributed by atoms with van der Waals surface area (Å²) in [6, 6.07) is 5.36. The van der Waals surface area contributed by atoms with Crippen LogP contribution in [0.2, 0.25) is 0 Å². The van der Waals surface area contributed by atoms with Gasteiger partial charge in [-0.15, -0.1) is 0 Å². The second-order valence-electron chi connectivity index (χ2n) is 4.60. The lowest BCUT2D eigenvalue weighted by atomic mass is 10.3. The first kappa shape index (κ1) is 14.5. The zero-order chi connectivity index (χ0) is 14.6. The summed E-state index contributed by atoms with van der Waals surface area (Å²) < 4.78 is 24.7. The molecule has 6 nitrogen and oxygen atoms in total. The molecule has 1 unspecified atom stereocenters. The topological polar surface area (TPSA) is 76.9 Å². The van der Waals surface area contributed by atoms with Gasteiger partial charge >= 0.3 is 0 Å². The quantitative estimate of drug-likeness (QED) is 0.873. The molecule has 0 aliphatic rings. The van der Waals surface area contributed by atoms with Gasteiger partial charge in [0.1, 0.15) is 0 Å². The monoisotopic (exact) mass is 294 g/mol. The maximum absolute atomic E-state index is 11.5. The van der Waals surface area contributed by atoms with E-state index in [4.69, 9.17) is 0 Å². The molecule has 0 radical (unpaired) electrons. The first-order valence-electron chi connectivity index (χ1n) is 6.43. The molecule has 0 amide bonds. The standard InChI is InChI=1S/C13H18N4O2S/c1-3-20(18,19)10-11(2)16-12-5-6-13(14-9-12)17-8-4-7-15-17/h4-9,11,16H,3,10H2,1-2H3. The third-order valence-electron chi connectivity index (χ3n) is 2.84. The molecule has 0 saturated carbocycles. The van der Waals surface area contributed by atoms with Gasteiger partial charge in [-0.2, -0.15) is 5.10 Å². The molecular weight excluding hydrogens is 276 g/mol. The van der Waals surface area contributed by atoms with Gasteiger partial charge < -0.3 is 5.32 Å². The van der Waals surface area contributed by atoms with Gasteiger partial charge in [0.2, 0.25) is 0 Å². The maximum atomic E-state index is 11.5. The Morgan fingerprint density at radius 2 is 2.20 bits per heavy atom. The largest absolute Gasteiger partial charge is 0.380 e. The Hall–Kier alpha value is -1.89. The van der Waals surface area contributed by atoms with Gasteiger partial charge in [0, 0.05) is 24.2 Å². The number of rotatable bonds is 6. The molecule has 20 heavy (non-hydrogen) atoms. The average molecular weight is 294 g/mol. The van der Waals surface area contributed by atoms with E-state index < -0.39 is 9.84 Å². The lowest BCUT2D eigenvalue weighted by Crippen LogP contribution is -2.26. The van der Waals surface area contributed by atoms with Crippen molar-refractivity contribution in [2.24, 2.45) is 0 Å². The second-order valence-corrected chi connectivity index (χ2v) is 7.00. The van der Waals surface area contributed by atoms with E-state index in [0.717, 1.165) is 11.5 Å². The van der Waals surface area contributed by atoms with Crippen molar-refractivity contribution in [2.75, 3.05) is 16.8 Å². The van der Waals surface area contributed by atoms with Gasteiger partial charge in [-0.25, -0.2) is 18.1 Å². The van der Waals surface area contributed by atoms with E-state index in [-0.39, 0.29) is 17.5 Å². The summed E-state index contributed by atoms with van der Waals surface area (Å²) in [7, 11) is -2.98. The highest BCUT2D eigenvalue weighted by molar-refractivity contribution is 7.91. The molecule has 0 bridgehead atoms. The molecule has 0 saturated heterocycles. The Morgan fingerprint density at radius 1 is 1.40 bits per heavy atom. The van der Waals surface area contributed by atoms with Crippen LogP contribution in [-0.2, 0) is 9.84 Å². The van der Waals surface area contributed by atoms with Crippen LogP contribution in [0.25, 0.3) is 5.82 Å². The van der Waals surface area contributed by atoms with Crippen LogP contribution in [0.5, 0.6) is 0 Å². The number of hydrogen-bond donors (Lipinski definition) is 1. The molecule has 0 spiro atoms. The van der Waals surface area contributed by atoms with Crippen LogP contribution >= 0.6 is 0 Å². The Kier molecular flexibility index (Phi) is 4.39. The highest BCUT2D eigenvalue weighted by atomic mass is 32.2. The number of nitrogens with one attached hydrogen (secondary N) is 1. The van der Waals surface area contributed by atoms with E-state index in [0.29, 0.717) is 0 Å². The van der Waals surface area contributed by atoms with Gasteiger partial charge in [0.15, 0.2) is 15.7 Å². The van der Waals surface area contributed by atoms with Crippen molar-refractivity contribution in [3.63, 3.8) is 0 Å². The molecule has 2 rings (SSSR count). The summed E-state index contributed by atoms with van der Waals surface area (Å²) in [6.45, 7) is 3.50. The summed E-state index contributed by atoms with van der Waals surface area (Å²) in [5.41, 5.74) is 0.791. The summed E-state index contributed by atoms with van der Waals surface area (Å²) in [5.74, 6) is 0.995. The number of nitrogens with zero attached hydrogens (tertiary/aromatic N) is 3. The minimum atomic E-state index is -2.98. The van der Waals surface area contributed by atoms with E-state index in [2.05, 4.69) is 15.4 Å². The van der Waals surface area contributed by atoms with Crippen molar-refractivity contribution in [1.82, 2.24) is 14.8 Å². The minimum Gasteiger partial charge on any atom is -0.380 e. The predicted octanol–water partition coefficient (Wildman–Crippen LogP) is 1.50. The SMILES string of the molecule is CCS(=O)(=O)CC(C)Nc1ccc(-n2cccn2)nc1. The molecule has 0 fully saturated rings. The van der Waals surface area contributed by atoms with Crippen molar-refractivity contribution in [1.29, 1.82) is 0 Å². The maximum Gasteiger partial charge on any atom is 0.153 e. The van der Waals surface area contributed by atoms with Gasteiger partial charge in [0.05, 0.1) is 17.6 Å². The van der Waals surface area contributed by atoms with Crippen LogP contribution < -0.4 is 5.32 Å². The van der Waals surface area contributed by atoms with Gasteiger partial charge in [-0.05, 0) is 25.1 Å². The highest BCUT2D eigenvalue weighted by Gasteiger charge is 2.13. The fraction of sp³-hybridized carbons (Fsp3) is 0.385. The van der Waals surface area contributed by atoms with Crippen LogP contribution in [0.3, 0.4) is 0 Å². The van der Waals surface area contributed by atoms with Crippen LogP contribution in [0.4, 0.5) is 5.69 Å². The average Bonchev–Trinajstić information content (AvgIpc) is 2.93. The van der Waals surface area contributed by atoms with Crippen molar-refractivity contribution >= 4 is 15.5 Å². The molecule has 0 aliphatic heterocycles. The lowest BCUT2D eigenvalue weighted by Gasteiger charge is -2.14. The van der Waals surface area contributed by atoms with Crippen molar-refractivity contribution in [2.45, 2.75) is 19.9 Å². The van der Waals surface area contributed by atoms with E-state index >= 15 is 0 Å². The highest BCUT2D eigenvalue weighted by Crippen LogP contribution is 2.11. The predicted molar refractivity (Wildman–Crippen MR) is 78.8 cm³/mol. The van der Waals surface area contributed by atoms with E-state index in [1.54, 1.807) is 24.0 Å². The van der Waals surface area contributed by atoms with Gasteiger partial charge in [0.25, 0.3) is 0 Å². The summed E-state index contributed by atoms with van der Waals surface area (Å²) in [4.78, 5) is 4.28. The molecule has 0 aliphatic carbocycles. The van der Waals surface area contributed by atoms with Crippen molar-refractivity contribution in [3.8, 4) is 5.82 Å². The molecule has 2 heterocycles. The zero-order valence-electron chi connectivity index (χ0n) is 11.5. The number of aromatic nitrogens is 3. The van der Waals surface area contributed by atoms with Gasteiger partial charge in [-0.1, -0.05) is 6.92 Å². The van der Waals surface area contributed by atoms with E-state index in [1.165, 1.54) is 0 Å². The van der Waals surface area contributed by atoms with Gasteiger partial charge in [-0.3, -0.25) is 0 Å². The fourth-order valence-electron chi connectivity index (χ4n) is 1.84. The zero-order valence-corrected chi connectivity index (χ0v) is 12.3.